The van der Waals surface area contributed by atoms with Gasteiger partial charge in [0.25, 0.3) is 0 Å². The van der Waals surface area contributed by atoms with Crippen molar-refractivity contribution in [1.29, 1.82) is 0 Å². The van der Waals surface area contributed by atoms with Gasteiger partial charge in [-0.1, -0.05) is 38.8 Å². The molecule has 0 fully saturated rings. The van der Waals surface area contributed by atoms with Crippen molar-refractivity contribution in [1.82, 2.24) is 25.9 Å². The van der Waals surface area contributed by atoms with Crippen molar-refractivity contribution >= 4 is 11.8 Å². The first kappa shape index (κ1) is 19.2. The molecule has 0 radical (unpaired) electrons. The molecule has 2 heterocycles. The quantitative estimate of drug-likeness (QED) is 0.572. The molecule has 0 unspecified atom stereocenters. The number of nitrogens with zero attached hydrogens (tertiary/aromatic N) is 2. The molecule has 0 spiro atoms. The molecular formula is C19H27FN6O. The van der Waals surface area contributed by atoms with Crippen LogP contribution in [0.25, 0.3) is 0 Å². The fourth-order valence-corrected chi connectivity index (χ4v) is 3.15. The second-order valence-corrected chi connectivity index (χ2v) is 6.87. The van der Waals surface area contributed by atoms with Crippen LogP contribution < -0.4 is 16.1 Å². The van der Waals surface area contributed by atoms with E-state index in [1.54, 1.807) is 12.1 Å². The molecule has 27 heavy (non-hydrogen) atoms. The van der Waals surface area contributed by atoms with E-state index in [0.29, 0.717) is 25.6 Å². The van der Waals surface area contributed by atoms with Crippen LogP contribution in [-0.4, -0.2) is 27.8 Å². The number of hydrogen-bond acceptors (Lipinski definition) is 4. The van der Waals surface area contributed by atoms with Gasteiger partial charge in [0.15, 0.2) is 5.82 Å². The fourth-order valence-electron chi connectivity index (χ4n) is 3.15. The second kappa shape index (κ2) is 8.85. The predicted octanol–water partition coefficient (Wildman–Crippen LogP) is 3.13. The molecule has 146 valence electrons. The fraction of sp³-hybridized carbons (Fsp3) is 0.474. The Labute approximate surface area is 158 Å². The average molecular weight is 374 g/mol. The molecule has 7 nitrogen and oxygen atoms in total. The van der Waals surface area contributed by atoms with Crippen LogP contribution in [0.3, 0.4) is 0 Å². The van der Waals surface area contributed by atoms with E-state index in [0.717, 1.165) is 42.0 Å². The molecule has 1 aromatic carbocycles. The summed E-state index contributed by atoms with van der Waals surface area (Å²) >= 11 is 0. The first-order valence-corrected chi connectivity index (χ1v) is 9.42. The van der Waals surface area contributed by atoms with Gasteiger partial charge in [-0.15, -0.1) is 0 Å². The maximum absolute atomic E-state index is 12.9. The number of benzene rings is 1. The van der Waals surface area contributed by atoms with Gasteiger partial charge in [0.1, 0.15) is 5.82 Å². The molecule has 3 rings (SSSR count). The number of amides is 2. The van der Waals surface area contributed by atoms with Gasteiger partial charge in [0.05, 0.1) is 12.2 Å². The molecule has 8 heteroatoms. The number of carbonyl (C=O) groups excluding carboxylic acids is 1. The molecule has 0 saturated heterocycles. The van der Waals surface area contributed by atoms with Crippen LogP contribution in [0.15, 0.2) is 24.3 Å². The van der Waals surface area contributed by atoms with Crippen LogP contribution >= 0.6 is 0 Å². The van der Waals surface area contributed by atoms with E-state index < -0.39 is 0 Å². The smallest absolute Gasteiger partial charge is 0.329 e. The van der Waals surface area contributed by atoms with Crippen molar-refractivity contribution in [3.8, 4) is 0 Å². The number of fused-ring (bicyclic) bond motifs is 1. The minimum Gasteiger partial charge on any atom is -0.368 e. The largest absolute Gasteiger partial charge is 0.368 e. The summed E-state index contributed by atoms with van der Waals surface area (Å²) in [5.41, 5.74) is 5.80. The van der Waals surface area contributed by atoms with Crippen molar-refractivity contribution < 1.29 is 9.18 Å². The summed E-state index contributed by atoms with van der Waals surface area (Å²) < 4.78 is 12.9. The maximum atomic E-state index is 12.9. The molecule has 0 bridgehead atoms. The predicted molar refractivity (Wildman–Crippen MR) is 102 cm³/mol. The Kier molecular flexibility index (Phi) is 6.28. The van der Waals surface area contributed by atoms with Gasteiger partial charge < -0.3 is 10.6 Å². The summed E-state index contributed by atoms with van der Waals surface area (Å²) in [4.78, 5) is 12.1. The summed E-state index contributed by atoms with van der Waals surface area (Å²) in [5.74, 6) is 1.21. The van der Waals surface area contributed by atoms with Gasteiger partial charge in [-0.05, 0) is 23.6 Å². The summed E-state index contributed by atoms with van der Waals surface area (Å²) in [6.07, 6.45) is 2.27. The van der Waals surface area contributed by atoms with Crippen molar-refractivity contribution in [3.63, 3.8) is 0 Å². The van der Waals surface area contributed by atoms with Crippen LogP contribution in [-0.2, 0) is 19.6 Å². The van der Waals surface area contributed by atoms with Crippen molar-refractivity contribution in [3.05, 3.63) is 46.9 Å². The van der Waals surface area contributed by atoms with E-state index in [1.807, 2.05) is 5.01 Å². The SMILES string of the molecule is CCC(CC)CNc1n[nH]c2c1CN(NC(=O)NCc1ccc(F)cc1)C2. The Hall–Kier alpha value is -2.61. The lowest BCUT2D eigenvalue weighted by atomic mass is 10.0. The third-order valence-electron chi connectivity index (χ3n) is 4.99. The normalized spacial score (nSPS) is 13.6. The number of aromatic amines is 1. The van der Waals surface area contributed by atoms with Gasteiger partial charge in [0.2, 0.25) is 0 Å². The monoisotopic (exact) mass is 374 g/mol. The van der Waals surface area contributed by atoms with Crippen molar-refractivity contribution in [2.24, 2.45) is 5.92 Å². The standard InChI is InChI=1S/C19H27FN6O/c1-3-13(4-2)9-21-18-16-11-26(12-17(16)23-24-18)25-19(27)22-10-14-5-7-15(20)8-6-14/h5-8,13H,3-4,9-12H2,1-2H3,(H2,21,23,24)(H2,22,25,27). The molecule has 1 aromatic heterocycles. The zero-order valence-corrected chi connectivity index (χ0v) is 15.8. The number of hydrazine groups is 1. The van der Waals surface area contributed by atoms with E-state index in [-0.39, 0.29) is 11.8 Å². The summed E-state index contributed by atoms with van der Waals surface area (Å²) in [7, 11) is 0. The number of halogens is 1. The van der Waals surface area contributed by atoms with Gasteiger partial charge in [-0.25, -0.2) is 14.2 Å². The van der Waals surface area contributed by atoms with Crippen LogP contribution in [0.1, 0.15) is 43.5 Å². The number of rotatable bonds is 8. The Bertz CT molecular complexity index is 756. The van der Waals surface area contributed by atoms with Gasteiger partial charge in [0, 0.05) is 25.2 Å². The highest BCUT2D eigenvalue weighted by atomic mass is 19.1. The van der Waals surface area contributed by atoms with E-state index in [1.165, 1.54) is 12.1 Å². The number of H-pyrrole nitrogens is 1. The topological polar surface area (TPSA) is 85.1 Å². The average Bonchev–Trinajstić information content (AvgIpc) is 3.23. The van der Waals surface area contributed by atoms with E-state index >= 15 is 0 Å². The van der Waals surface area contributed by atoms with Crippen LogP contribution in [0, 0.1) is 11.7 Å². The molecule has 2 amide bonds. The third-order valence-corrected chi connectivity index (χ3v) is 4.99. The van der Waals surface area contributed by atoms with Crippen LogP contribution in [0.4, 0.5) is 15.0 Å². The molecule has 2 aromatic rings. The lowest BCUT2D eigenvalue weighted by Crippen LogP contribution is -2.44. The van der Waals surface area contributed by atoms with E-state index in [9.17, 15) is 9.18 Å². The highest BCUT2D eigenvalue weighted by Crippen LogP contribution is 2.26. The zero-order chi connectivity index (χ0) is 19.2. The lowest BCUT2D eigenvalue weighted by Gasteiger charge is -2.18. The highest BCUT2D eigenvalue weighted by molar-refractivity contribution is 5.73. The van der Waals surface area contributed by atoms with Gasteiger partial charge in [-0.2, -0.15) is 5.10 Å². The molecule has 0 aliphatic carbocycles. The first-order valence-electron chi connectivity index (χ1n) is 9.42. The number of nitrogens with one attached hydrogen (secondary N) is 4. The Morgan fingerprint density at radius 3 is 2.70 bits per heavy atom. The third kappa shape index (κ3) is 4.97. The van der Waals surface area contributed by atoms with Crippen LogP contribution in [0.2, 0.25) is 0 Å². The number of anilines is 1. The van der Waals surface area contributed by atoms with Gasteiger partial charge >= 0.3 is 6.03 Å². The zero-order valence-electron chi connectivity index (χ0n) is 15.8. The number of carbonyl (C=O) groups is 1. The first-order chi connectivity index (χ1) is 13.1. The summed E-state index contributed by atoms with van der Waals surface area (Å²) in [6.45, 7) is 6.81. The number of aromatic nitrogens is 2. The molecule has 0 saturated carbocycles. The molecule has 4 N–H and O–H groups in total. The van der Waals surface area contributed by atoms with Gasteiger partial charge in [-0.3, -0.25) is 10.5 Å². The number of urea groups is 1. The maximum Gasteiger partial charge on any atom is 0.329 e. The van der Waals surface area contributed by atoms with E-state index in [4.69, 9.17) is 0 Å². The molecule has 1 aliphatic rings. The lowest BCUT2D eigenvalue weighted by molar-refractivity contribution is 0.176. The molecule has 0 atom stereocenters. The Balaban J connectivity index is 1.46. The number of hydrogen-bond donors (Lipinski definition) is 4. The van der Waals surface area contributed by atoms with E-state index in [2.05, 4.69) is 40.1 Å². The highest BCUT2D eigenvalue weighted by Gasteiger charge is 2.26. The Morgan fingerprint density at radius 1 is 1.26 bits per heavy atom. The van der Waals surface area contributed by atoms with Crippen molar-refractivity contribution in [2.75, 3.05) is 11.9 Å². The summed E-state index contributed by atoms with van der Waals surface area (Å²) in [5, 5.41) is 15.4. The minimum absolute atomic E-state index is 0.288. The van der Waals surface area contributed by atoms with Crippen molar-refractivity contribution in [2.45, 2.75) is 46.3 Å². The second-order valence-electron chi connectivity index (χ2n) is 6.87. The molecular weight excluding hydrogens is 347 g/mol. The molecule has 1 aliphatic heterocycles. The summed E-state index contributed by atoms with van der Waals surface area (Å²) in [6, 6.07) is 5.78. The van der Waals surface area contributed by atoms with Crippen LogP contribution in [0.5, 0.6) is 0 Å². The minimum atomic E-state index is -0.288. The Morgan fingerprint density at radius 2 is 2.00 bits per heavy atom.